The fourth-order valence-electron chi connectivity index (χ4n) is 2.74. The molecule has 0 aromatic rings. The zero-order valence-corrected chi connectivity index (χ0v) is 14.7. The van der Waals surface area contributed by atoms with Crippen molar-refractivity contribution in [3.8, 4) is 0 Å². The van der Waals surface area contributed by atoms with Crippen LogP contribution in [-0.2, 0) is 0 Å². The largest absolute Gasteiger partial charge is 0.392 e. The molecule has 0 bridgehead atoms. The molecule has 0 unspecified atom stereocenters. The van der Waals surface area contributed by atoms with Crippen LogP contribution in [0.1, 0.15) is 60.3 Å². The van der Waals surface area contributed by atoms with E-state index in [0.29, 0.717) is 5.92 Å². The molecule has 0 spiro atoms. The zero-order chi connectivity index (χ0) is 15.0. The monoisotopic (exact) mass is 334 g/mol. The fraction of sp³-hybridized carbons (Fsp3) is 0.875. The van der Waals surface area contributed by atoms with E-state index >= 15 is 0 Å². The van der Waals surface area contributed by atoms with Crippen LogP contribution in [0.3, 0.4) is 0 Å². The lowest BCUT2D eigenvalue weighted by atomic mass is 9.85. The van der Waals surface area contributed by atoms with Gasteiger partial charge in [0, 0.05) is 4.48 Å². The Hall–Kier alpha value is 0.140. The van der Waals surface area contributed by atoms with E-state index in [1.807, 2.05) is 6.92 Å². The van der Waals surface area contributed by atoms with E-state index in [1.165, 1.54) is 19.3 Å². The van der Waals surface area contributed by atoms with Crippen LogP contribution in [0.2, 0.25) is 0 Å². The molecule has 114 valence electrons. The summed E-state index contributed by atoms with van der Waals surface area (Å²) in [6.07, 6.45) is 4.27. The average Bonchev–Trinajstić information content (AvgIpc) is 2.35. The lowest BCUT2D eigenvalue weighted by Gasteiger charge is -2.24. The summed E-state index contributed by atoms with van der Waals surface area (Å²) in [5, 5.41) is 19.4. The Labute approximate surface area is 127 Å². The van der Waals surface area contributed by atoms with E-state index in [2.05, 4.69) is 43.6 Å². The van der Waals surface area contributed by atoms with Crippen molar-refractivity contribution < 1.29 is 10.2 Å². The van der Waals surface area contributed by atoms with E-state index in [1.54, 1.807) is 0 Å². The predicted molar refractivity (Wildman–Crippen MR) is 86.4 cm³/mol. The number of aliphatic hydroxyl groups is 2. The Morgan fingerprint density at radius 2 is 1.68 bits per heavy atom. The summed E-state index contributed by atoms with van der Waals surface area (Å²) in [4.78, 5) is 0. The van der Waals surface area contributed by atoms with Crippen LogP contribution in [0.5, 0.6) is 0 Å². The van der Waals surface area contributed by atoms with Crippen molar-refractivity contribution in [2.45, 2.75) is 66.4 Å². The molecule has 3 heteroatoms. The average molecular weight is 335 g/mol. The molecule has 0 saturated heterocycles. The standard InChI is InChI=1S/C16H31BrO2/c1-6-7-11(2)8-12(3)9-13(4)16(19)15(17)14(5)10-18/h11-13,16,18-19H,6-10H2,1-5H3/b15-14+/t11-,12-,13-,16+/m1/s1. The summed E-state index contributed by atoms with van der Waals surface area (Å²) in [5.74, 6) is 1.60. The third kappa shape index (κ3) is 7.48. The summed E-state index contributed by atoms with van der Waals surface area (Å²) >= 11 is 3.40. The van der Waals surface area contributed by atoms with Crippen LogP contribution < -0.4 is 0 Å². The van der Waals surface area contributed by atoms with Gasteiger partial charge in [0.1, 0.15) is 0 Å². The molecule has 0 saturated carbocycles. The van der Waals surface area contributed by atoms with Gasteiger partial charge in [0.25, 0.3) is 0 Å². The van der Waals surface area contributed by atoms with Gasteiger partial charge in [-0.05, 0) is 43.1 Å². The molecule has 0 radical (unpaired) electrons. The Morgan fingerprint density at radius 1 is 1.11 bits per heavy atom. The topological polar surface area (TPSA) is 40.5 Å². The van der Waals surface area contributed by atoms with Crippen molar-refractivity contribution in [3.63, 3.8) is 0 Å². The molecular weight excluding hydrogens is 304 g/mol. The maximum Gasteiger partial charge on any atom is 0.0880 e. The molecule has 0 amide bonds. The van der Waals surface area contributed by atoms with Gasteiger partial charge in [-0.25, -0.2) is 0 Å². The minimum Gasteiger partial charge on any atom is -0.392 e. The van der Waals surface area contributed by atoms with Crippen molar-refractivity contribution in [1.82, 2.24) is 0 Å². The highest BCUT2D eigenvalue weighted by atomic mass is 79.9. The van der Waals surface area contributed by atoms with Crippen LogP contribution >= 0.6 is 15.9 Å². The van der Waals surface area contributed by atoms with Gasteiger partial charge in [-0.3, -0.25) is 0 Å². The minimum atomic E-state index is -0.504. The van der Waals surface area contributed by atoms with E-state index in [0.717, 1.165) is 22.4 Å². The summed E-state index contributed by atoms with van der Waals surface area (Å²) in [6.45, 7) is 10.7. The summed E-state index contributed by atoms with van der Waals surface area (Å²) < 4.78 is 0.747. The maximum absolute atomic E-state index is 10.3. The van der Waals surface area contributed by atoms with Crippen molar-refractivity contribution in [1.29, 1.82) is 0 Å². The third-order valence-electron chi connectivity index (χ3n) is 3.80. The number of hydrogen-bond donors (Lipinski definition) is 2. The molecule has 4 atom stereocenters. The molecule has 0 aromatic carbocycles. The van der Waals surface area contributed by atoms with Gasteiger partial charge < -0.3 is 10.2 Å². The number of rotatable bonds is 9. The fourth-order valence-corrected chi connectivity index (χ4v) is 3.31. The van der Waals surface area contributed by atoms with E-state index in [-0.39, 0.29) is 12.5 Å². The van der Waals surface area contributed by atoms with E-state index in [4.69, 9.17) is 5.11 Å². The van der Waals surface area contributed by atoms with Gasteiger partial charge >= 0.3 is 0 Å². The number of hydrogen-bond acceptors (Lipinski definition) is 2. The molecule has 2 nitrogen and oxygen atoms in total. The van der Waals surface area contributed by atoms with Crippen molar-refractivity contribution in [2.24, 2.45) is 17.8 Å². The van der Waals surface area contributed by atoms with Crippen LogP contribution in [0.15, 0.2) is 10.1 Å². The Morgan fingerprint density at radius 3 is 2.16 bits per heavy atom. The lowest BCUT2D eigenvalue weighted by molar-refractivity contribution is 0.137. The van der Waals surface area contributed by atoms with Crippen molar-refractivity contribution in [2.75, 3.05) is 6.61 Å². The van der Waals surface area contributed by atoms with Crippen LogP contribution in [0, 0.1) is 17.8 Å². The first-order chi connectivity index (χ1) is 8.83. The van der Waals surface area contributed by atoms with E-state index in [9.17, 15) is 5.11 Å². The Balaban J connectivity index is 4.32. The predicted octanol–water partition coefficient (Wildman–Crippen LogP) is 4.50. The van der Waals surface area contributed by atoms with Gasteiger partial charge in [-0.1, -0.05) is 56.5 Å². The molecule has 19 heavy (non-hydrogen) atoms. The molecular formula is C16H31BrO2. The highest BCUT2D eigenvalue weighted by molar-refractivity contribution is 9.11. The molecule has 0 heterocycles. The first kappa shape index (κ1) is 19.1. The highest BCUT2D eigenvalue weighted by Gasteiger charge is 2.21. The molecule has 0 rings (SSSR count). The molecule has 0 aromatic heterocycles. The first-order valence-electron chi connectivity index (χ1n) is 7.47. The van der Waals surface area contributed by atoms with Gasteiger partial charge in [-0.2, -0.15) is 0 Å². The molecule has 2 N–H and O–H groups in total. The normalized spacial score (nSPS) is 19.6. The highest BCUT2D eigenvalue weighted by Crippen LogP contribution is 2.29. The smallest absolute Gasteiger partial charge is 0.0880 e. The van der Waals surface area contributed by atoms with Gasteiger partial charge in [-0.15, -0.1) is 0 Å². The Bertz CT molecular complexity index is 276. The molecule has 0 aliphatic carbocycles. The van der Waals surface area contributed by atoms with E-state index < -0.39 is 6.10 Å². The lowest BCUT2D eigenvalue weighted by Crippen LogP contribution is -2.22. The summed E-state index contributed by atoms with van der Waals surface area (Å²) in [6, 6.07) is 0. The first-order valence-corrected chi connectivity index (χ1v) is 8.26. The zero-order valence-electron chi connectivity index (χ0n) is 13.1. The van der Waals surface area contributed by atoms with Gasteiger partial charge in [0.15, 0.2) is 0 Å². The van der Waals surface area contributed by atoms with Crippen molar-refractivity contribution in [3.05, 3.63) is 10.1 Å². The van der Waals surface area contributed by atoms with Crippen LogP contribution in [-0.4, -0.2) is 22.9 Å². The maximum atomic E-state index is 10.3. The summed E-state index contributed by atoms with van der Waals surface area (Å²) in [5.41, 5.74) is 0.811. The third-order valence-corrected chi connectivity index (χ3v) is 4.95. The van der Waals surface area contributed by atoms with Gasteiger partial charge in [0.05, 0.1) is 12.7 Å². The van der Waals surface area contributed by atoms with Gasteiger partial charge in [0.2, 0.25) is 0 Å². The second kappa shape index (κ2) is 9.95. The second-order valence-electron chi connectivity index (χ2n) is 6.18. The van der Waals surface area contributed by atoms with Crippen molar-refractivity contribution >= 4 is 15.9 Å². The summed E-state index contributed by atoms with van der Waals surface area (Å²) in [7, 11) is 0. The second-order valence-corrected chi connectivity index (χ2v) is 7.03. The number of aliphatic hydroxyl groups excluding tert-OH is 2. The molecule has 0 aliphatic rings. The van der Waals surface area contributed by atoms with Crippen LogP contribution in [0.25, 0.3) is 0 Å². The van der Waals surface area contributed by atoms with Crippen LogP contribution in [0.4, 0.5) is 0 Å². The minimum absolute atomic E-state index is 0.00650. The molecule has 0 aliphatic heterocycles. The Kier molecular flexibility index (Phi) is 10.0. The molecule has 0 fully saturated rings. The quantitative estimate of drug-likeness (QED) is 0.651. The number of halogens is 1. The SMILES string of the molecule is CCC[C@@H](C)C[C@@H](C)C[C@@H](C)[C@H](O)/C(Br)=C(/C)CO.